The first kappa shape index (κ1) is 9.96. The predicted octanol–water partition coefficient (Wildman–Crippen LogP) is 1.61. The highest BCUT2D eigenvalue weighted by atomic mass is 16.2. The first-order valence-electron chi connectivity index (χ1n) is 5.02. The summed E-state index contributed by atoms with van der Waals surface area (Å²) in [6.45, 7) is 6.93. The van der Waals surface area contributed by atoms with Gasteiger partial charge in [-0.15, -0.1) is 0 Å². The highest BCUT2D eigenvalue weighted by Gasteiger charge is 2.22. The van der Waals surface area contributed by atoms with E-state index in [1.165, 1.54) is 0 Å². The molecule has 1 amide bonds. The molecule has 0 bridgehead atoms. The van der Waals surface area contributed by atoms with Crippen LogP contribution in [0.5, 0.6) is 0 Å². The molecule has 0 saturated heterocycles. The van der Waals surface area contributed by atoms with Gasteiger partial charge < -0.3 is 0 Å². The van der Waals surface area contributed by atoms with Crippen molar-refractivity contribution >= 4 is 11.7 Å². The van der Waals surface area contributed by atoms with Gasteiger partial charge in [-0.05, 0) is 0 Å². The van der Waals surface area contributed by atoms with Gasteiger partial charge >= 0.3 is 0 Å². The molecule has 1 aromatic heterocycles. The van der Waals surface area contributed by atoms with Crippen LogP contribution in [0.4, 0.5) is 5.82 Å². The molecule has 1 aliphatic rings. The molecule has 1 aromatic rings. The van der Waals surface area contributed by atoms with Crippen molar-refractivity contribution in [2.75, 3.05) is 11.4 Å². The number of nitrogens with zero attached hydrogens (tertiary/aromatic N) is 2. The number of aromatic nitrogens is 2. The molecule has 0 unspecified atom stereocenters. The Labute approximate surface area is 89.0 Å². The normalized spacial score (nSPS) is 16.5. The van der Waals surface area contributed by atoms with Crippen LogP contribution < -0.4 is 4.90 Å². The molecule has 0 radical (unpaired) electrons. The van der Waals surface area contributed by atoms with Crippen molar-refractivity contribution in [3.63, 3.8) is 0 Å². The molecular formula is C11H15N3O. The summed E-state index contributed by atoms with van der Waals surface area (Å²) in [4.78, 5) is 13.1. The summed E-state index contributed by atoms with van der Waals surface area (Å²) < 4.78 is 0. The third kappa shape index (κ3) is 1.79. The van der Waals surface area contributed by atoms with Crippen LogP contribution in [0, 0.1) is 0 Å². The minimum Gasteiger partial charge on any atom is -0.288 e. The lowest BCUT2D eigenvalue weighted by Gasteiger charge is -2.15. The number of anilines is 1. The van der Waals surface area contributed by atoms with E-state index in [1.54, 1.807) is 11.0 Å². The van der Waals surface area contributed by atoms with Gasteiger partial charge in [-0.3, -0.25) is 14.8 Å². The monoisotopic (exact) mass is 205 g/mol. The number of hydrogen-bond donors (Lipinski definition) is 1. The maximum Gasteiger partial charge on any atom is 0.252 e. The molecule has 4 heteroatoms. The summed E-state index contributed by atoms with van der Waals surface area (Å²) in [7, 11) is 0. The lowest BCUT2D eigenvalue weighted by atomic mass is 9.92. The summed E-state index contributed by atoms with van der Waals surface area (Å²) in [5, 5.41) is 7.13. The Bertz CT molecular complexity index is 412. The summed E-state index contributed by atoms with van der Waals surface area (Å²) in [6, 6.07) is 1.94. The molecule has 0 aliphatic carbocycles. The number of hydrogen-bond acceptors (Lipinski definition) is 2. The molecule has 0 fully saturated rings. The zero-order chi connectivity index (χ0) is 11.1. The van der Waals surface area contributed by atoms with E-state index in [2.05, 4.69) is 31.0 Å². The number of aromatic amines is 1. The third-order valence-corrected chi connectivity index (χ3v) is 2.46. The van der Waals surface area contributed by atoms with Crippen molar-refractivity contribution in [1.29, 1.82) is 0 Å². The standard InChI is InChI=1S/C11H15N3O/c1-11(2,3)8-7-9(13-12-8)14-6-4-5-10(14)15/h4-5,7H,6H2,1-3H3,(H,12,13). The van der Waals surface area contributed by atoms with E-state index in [9.17, 15) is 4.79 Å². The van der Waals surface area contributed by atoms with Gasteiger partial charge in [0.15, 0.2) is 5.82 Å². The van der Waals surface area contributed by atoms with Gasteiger partial charge in [0.1, 0.15) is 0 Å². The van der Waals surface area contributed by atoms with Crippen molar-refractivity contribution in [1.82, 2.24) is 10.2 Å². The van der Waals surface area contributed by atoms with E-state index < -0.39 is 0 Å². The minimum absolute atomic E-state index is 0.00181. The largest absolute Gasteiger partial charge is 0.288 e. The van der Waals surface area contributed by atoms with Gasteiger partial charge in [-0.2, -0.15) is 5.10 Å². The summed E-state index contributed by atoms with van der Waals surface area (Å²) in [6.07, 6.45) is 3.42. The van der Waals surface area contributed by atoms with Crippen molar-refractivity contribution in [3.8, 4) is 0 Å². The van der Waals surface area contributed by atoms with Crippen LogP contribution in [0.2, 0.25) is 0 Å². The van der Waals surface area contributed by atoms with Gasteiger partial charge in [-0.25, -0.2) is 0 Å². The SMILES string of the molecule is CC(C)(C)c1cc(N2CC=CC2=O)n[nH]1. The molecular weight excluding hydrogens is 190 g/mol. The van der Waals surface area contributed by atoms with E-state index >= 15 is 0 Å². The molecule has 2 rings (SSSR count). The van der Waals surface area contributed by atoms with Crippen LogP contribution in [-0.2, 0) is 10.2 Å². The second-order valence-corrected chi connectivity index (χ2v) is 4.74. The van der Waals surface area contributed by atoms with Gasteiger partial charge in [0.05, 0.1) is 0 Å². The Kier molecular flexibility index (Phi) is 2.14. The van der Waals surface area contributed by atoms with E-state index in [4.69, 9.17) is 0 Å². The number of rotatable bonds is 1. The van der Waals surface area contributed by atoms with E-state index in [-0.39, 0.29) is 11.3 Å². The highest BCUT2D eigenvalue weighted by Crippen LogP contribution is 2.24. The zero-order valence-corrected chi connectivity index (χ0v) is 9.24. The first-order chi connectivity index (χ1) is 6.98. The van der Waals surface area contributed by atoms with E-state index in [0.29, 0.717) is 12.4 Å². The molecule has 0 aromatic carbocycles. The van der Waals surface area contributed by atoms with E-state index in [1.807, 2.05) is 12.1 Å². The molecule has 0 saturated carbocycles. The van der Waals surface area contributed by atoms with Gasteiger partial charge in [0.25, 0.3) is 5.91 Å². The number of H-pyrrole nitrogens is 1. The van der Waals surface area contributed by atoms with Crippen LogP contribution in [0.3, 0.4) is 0 Å². The lowest BCUT2D eigenvalue weighted by Crippen LogP contribution is -2.24. The average molecular weight is 205 g/mol. The fraction of sp³-hybridized carbons (Fsp3) is 0.455. The summed E-state index contributed by atoms with van der Waals surface area (Å²) in [5.74, 6) is 0.705. The Hall–Kier alpha value is -1.58. The van der Waals surface area contributed by atoms with Crippen LogP contribution in [0.25, 0.3) is 0 Å². The predicted molar refractivity (Wildman–Crippen MR) is 58.8 cm³/mol. The molecule has 1 aliphatic heterocycles. The Morgan fingerprint density at radius 2 is 2.20 bits per heavy atom. The number of carbonyl (C=O) groups excluding carboxylic acids is 1. The first-order valence-corrected chi connectivity index (χ1v) is 5.02. The quantitative estimate of drug-likeness (QED) is 0.757. The molecule has 1 N–H and O–H groups in total. The van der Waals surface area contributed by atoms with Gasteiger partial charge in [-0.1, -0.05) is 26.8 Å². The summed E-state index contributed by atoms with van der Waals surface area (Å²) >= 11 is 0. The fourth-order valence-electron chi connectivity index (χ4n) is 1.48. The maximum atomic E-state index is 11.4. The Morgan fingerprint density at radius 1 is 1.47 bits per heavy atom. The van der Waals surface area contributed by atoms with E-state index in [0.717, 1.165) is 5.69 Å². The molecule has 80 valence electrons. The molecule has 15 heavy (non-hydrogen) atoms. The van der Waals surface area contributed by atoms with Gasteiger partial charge in [0, 0.05) is 29.8 Å². The summed E-state index contributed by atoms with van der Waals surface area (Å²) in [5.41, 5.74) is 1.07. The molecule has 0 atom stereocenters. The maximum absolute atomic E-state index is 11.4. The minimum atomic E-state index is 0.00181. The molecule has 4 nitrogen and oxygen atoms in total. The number of amides is 1. The van der Waals surface area contributed by atoms with Crippen LogP contribution in [0.15, 0.2) is 18.2 Å². The average Bonchev–Trinajstić information content (AvgIpc) is 2.69. The van der Waals surface area contributed by atoms with Crippen LogP contribution in [0.1, 0.15) is 26.5 Å². The fourth-order valence-corrected chi connectivity index (χ4v) is 1.48. The second kappa shape index (κ2) is 3.22. The topological polar surface area (TPSA) is 49.0 Å². The Balaban J connectivity index is 2.25. The van der Waals surface area contributed by atoms with Crippen molar-refractivity contribution in [2.45, 2.75) is 26.2 Å². The highest BCUT2D eigenvalue weighted by molar-refractivity contribution is 6.03. The zero-order valence-electron chi connectivity index (χ0n) is 9.24. The number of carbonyl (C=O) groups is 1. The molecule has 2 heterocycles. The molecule has 0 spiro atoms. The van der Waals surface area contributed by atoms with Gasteiger partial charge in [0.2, 0.25) is 0 Å². The van der Waals surface area contributed by atoms with Crippen molar-refractivity contribution in [2.24, 2.45) is 0 Å². The second-order valence-electron chi connectivity index (χ2n) is 4.74. The Morgan fingerprint density at radius 3 is 2.67 bits per heavy atom. The van der Waals surface area contributed by atoms with Crippen LogP contribution in [-0.4, -0.2) is 22.6 Å². The van der Waals surface area contributed by atoms with Crippen molar-refractivity contribution in [3.05, 3.63) is 23.9 Å². The lowest BCUT2D eigenvalue weighted by molar-refractivity contribution is -0.113. The third-order valence-electron chi connectivity index (χ3n) is 2.46. The van der Waals surface area contributed by atoms with Crippen molar-refractivity contribution < 1.29 is 4.79 Å². The smallest absolute Gasteiger partial charge is 0.252 e. The van der Waals surface area contributed by atoms with Crippen LogP contribution >= 0.6 is 0 Å². The number of nitrogens with one attached hydrogen (secondary N) is 1.